The first-order valence-electron chi connectivity index (χ1n) is 8.45. The van der Waals surface area contributed by atoms with Crippen molar-refractivity contribution in [2.24, 2.45) is 0 Å². The third-order valence-corrected chi connectivity index (χ3v) is 4.48. The number of hydrogen-bond acceptors (Lipinski definition) is 5. The molecule has 1 atom stereocenters. The molecule has 3 aromatic rings. The lowest BCUT2D eigenvalue weighted by Gasteiger charge is -2.35. The van der Waals surface area contributed by atoms with Crippen LogP contribution in [0.1, 0.15) is 31.0 Å². The van der Waals surface area contributed by atoms with Gasteiger partial charge in [-0.2, -0.15) is 14.6 Å². The topological polar surface area (TPSA) is 72.6 Å². The molecule has 0 N–H and O–H groups in total. The summed E-state index contributed by atoms with van der Waals surface area (Å²) < 4.78 is 7.36. The van der Waals surface area contributed by atoms with Gasteiger partial charge in [-0.3, -0.25) is 4.79 Å². The Morgan fingerprint density at radius 3 is 2.92 bits per heavy atom. The number of hydrogen-bond donors (Lipinski definition) is 0. The lowest BCUT2D eigenvalue weighted by molar-refractivity contribution is -0.137. The summed E-state index contributed by atoms with van der Waals surface area (Å²) in [5.41, 5.74) is 0.940. The molecule has 3 heterocycles. The summed E-state index contributed by atoms with van der Waals surface area (Å²) in [4.78, 5) is 23.0. The fourth-order valence-corrected chi connectivity index (χ4v) is 3.29. The molecule has 128 valence electrons. The van der Waals surface area contributed by atoms with Gasteiger partial charge in [0.05, 0.1) is 11.7 Å². The lowest BCUT2D eigenvalue weighted by Crippen LogP contribution is -2.41. The van der Waals surface area contributed by atoms with Gasteiger partial charge < -0.3 is 9.64 Å². The number of piperidine rings is 1. The number of carbonyl (C=O) groups excluding carboxylic acids is 1. The maximum atomic E-state index is 12.8. The Bertz CT molecular complexity index is 864. The van der Waals surface area contributed by atoms with Crippen molar-refractivity contribution in [3.63, 3.8) is 0 Å². The minimum absolute atomic E-state index is 0.0152. The predicted octanol–water partition coefficient (Wildman–Crippen LogP) is 2.26. The van der Waals surface area contributed by atoms with Crippen molar-refractivity contribution in [2.75, 3.05) is 13.2 Å². The molecular weight excluding hydrogens is 318 g/mol. The maximum absolute atomic E-state index is 12.8. The van der Waals surface area contributed by atoms with Crippen molar-refractivity contribution in [1.29, 1.82) is 0 Å². The first-order chi connectivity index (χ1) is 12.3. The molecule has 0 radical (unpaired) electrons. The minimum Gasteiger partial charge on any atom is -0.484 e. The second kappa shape index (κ2) is 6.88. The SMILES string of the molecule is O=C(COc1ccccc1)N1CCCCC1c1ccnc2ncnn12. The van der Waals surface area contributed by atoms with E-state index in [0.29, 0.717) is 11.5 Å². The Balaban J connectivity index is 1.54. The third kappa shape index (κ3) is 3.17. The zero-order chi connectivity index (χ0) is 17.1. The first kappa shape index (κ1) is 15.6. The van der Waals surface area contributed by atoms with E-state index in [2.05, 4.69) is 15.1 Å². The summed E-state index contributed by atoms with van der Waals surface area (Å²) in [6, 6.07) is 11.3. The smallest absolute Gasteiger partial charge is 0.261 e. The fourth-order valence-electron chi connectivity index (χ4n) is 3.29. The molecule has 1 fully saturated rings. The van der Waals surface area contributed by atoms with E-state index in [-0.39, 0.29) is 18.6 Å². The molecule has 2 aromatic heterocycles. The number of fused-ring (bicyclic) bond motifs is 1. The molecule has 4 rings (SSSR count). The highest BCUT2D eigenvalue weighted by atomic mass is 16.5. The van der Waals surface area contributed by atoms with Gasteiger partial charge in [-0.15, -0.1) is 0 Å². The van der Waals surface area contributed by atoms with Gasteiger partial charge in [-0.1, -0.05) is 18.2 Å². The number of benzene rings is 1. The normalized spacial score (nSPS) is 17.6. The first-order valence-corrected chi connectivity index (χ1v) is 8.45. The Hall–Kier alpha value is -2.96. The highest BCUT2D eigenvalue weighted by molar-refractivity contribution is 5.78. The highest BCUT2D eigenvalue weighted by Crippen LogP contribution is 2.30. The molecule has 7 heteroatoms. The van der Waals surface area contributed by atoms with Crippen molar-refractivity contribution >= 4 is 11.7 Å². The van der Waals surface area contributed by atoms with Gasteiger partial charge in [0, 0.05) is 12.7 Å². The van der Waals surface area contributed by atoms with Crippen molar-refractivity contribution in [3.05, 3.63) is 54.6 Å². The average molecular weight is 337 g/mol. The van der Waals surface area contributed by atoms with Crippen molar-refractivity contribution < 1.29 is 9.53 Å². The third-order valence-electron chi connectivity index (χ3n) is 4.48. The summed E-state index contributed by atoms with van der Waals surface area (Å²) in [5.74, 6) is 1.24. The predicted molar refractivity (Wildman–Crippen MR) is 91.0 cm³/mol. The van der Waals surface area contributed by atoms with E-state index in [1.54, 1.807) is 10.7 Å². The molecule has 1 unspecified atom stereocenters. The van der Waals surface area contributed by atoms with Crippen LogP contribution < -0.4 is 4.74 Å². The van der Waals surface area contributed by atoms with Crippen molar-refractivity contribution in [1.82, 2.24) is 24.5 Å². The Morgan fingerprint density at radius 2 is 2.04 bits per heavy atom. The zero-order valence-corrected chi connectivity index (χ0v) is 13.8. The van der Waals surface area contributed by atoms with E-state index in [9.17, 15) is 4.79 Å². The van der Waals surface area contributed by atoms with Crippen molar-refractivity contribution in [2.45, 2.75) is 25.3 Å². The van der Waals surface area contributed by atoms with Gasteiger partial charge in [0.25, 0.3) is 11.7 Å². The van der Waals surface area contributed by atoms with Gasteiger partial charge in [0.2, 0.25) is 0 Å². The van der Waals surface area contributed by atoms with E-state index in [1.165, 1.54) is 6.33 Å². The molecular formula is C18H19N5O2. The molecule has 1 saturated heterocycles. The second-order valence-electron chi connectivity index (χ2n) is 6.04. The molecule has 0 spiro atoms. The van der Waals surface area contributed by atoms with Gasteiger partial charge in [0.15, 0.2) is 6.61 Å². The van der Waals surface area contributed by atoms with E-state index in [1.807, 2.05) is 41.3 Å². The molecule has 1 aliphatic rings. The molecule has 0 bridgehead atoms. The summed E-state index contributed by atoms with van der Waals surface area (Å²) in [6.45, 7) is 0.756. The highest BCUT2D eigenvalue weighted by Gasteiger charge is 2.30. The number of amides is 1. The van der Waals surface area contributed by atoms with Gasteiger partial charge in [-0.25, -0.2) is 4.98 Å². The summed E-state index contributed by atoms with van der Waals surface area (Å²) in [5, 5.41) is 4.26. The quantitative estimate of drug-likeness (QED) is 0.730. The lowest BCUT2D eigenvalue weighted by atomic mass is 9.99. The van der Waals surface area contributed by atoms with Crippen LogP contribution in [0, 0.1) is 0 Å². The molecule has 0 aliphatic carbocycles. The van der Waals surface area contributed by atoms with E-state index in [4.69, 9.17) is 4.74 Å². The number of nitrogens with zero attached hydrogens (tertiary/aromatic N) is 5. The number of para-hydroxylation sites is 1. The minimum atomic E-state index is -0.0344. The van der Waals surface area contributed by atoms with E-state index in [0.717, 1.165) is 31.5 Å². The summed E-state index contributed by atoms with van der Waals surface area (Å²) >= 11 is 0. The monoisotopic (exact) mass is 337 g/mol. The average Bonchev–Trinajstić information content (AvgIpc) is 3.16. The van der Waals surface area contributed by atoms with Crippen LogP contribution in [-0.4, -0.2) is 43.5 Å². The van der Waals surface area contributed by atoms with Gasteiger partial charge in [0.1, 0.15) is 12.1 Å². The van der Waals surface area contributed by atoms with Crippen LogP contribution in [0.4, 0.5) is 0 Å². The molecule has 0 saturated carbocycles. The summed E-state index contributed by atoms with van der Waals surface area (Å²) in [7, 11) is 0. The number of rotatable bonds is 4. The van der Waals surface area contributed by atoms with E-state index < -0.39 is 0 Å². The molecule has 7 nitrogen and oxygen atoms in total. The van der Waals surface area contributed by atoms with Gasteiger partial charge >= 0.3 is 0 Å². The number of aromatic nitrogens is 4. The van der Waals surface area contributed by atoms with Crippen molar-refractivity contribution in [3.8, 4) is 5.75 Å². The van der Waals surface area contributed by atoms with Crippen LogP contribution in [0.25, 0.3) is 5.78 Å². The largest absolute Gasteiger partial charge is 0.484 e. The van der Waals surface area contributed by atoms with Gasteiger partial charge in [-0.05, 0) is 37.5 Å². The molecule has 25 heavy (non-hydrogen) atoms. The number of likely N-dealkylation sites (tertiary alicyclic amines) is 1. The fraction of sp³-hybridized carbons (Fsp3) is 0.333. The van der Waals surface area contributed by atoms with E-state index >= 15 is 0 Å². The molecule has 1 aliphatic heterocycles. The van der Waals surface area contributed by atoms with Crippen LogP contribution in [0.3, 0.4) is 0 Å². The second-order valence-corrected chi connectivity index (χ2v) is 6.04. The standard InChI is InChI=1S/C18H19N5O2/c24-17(12-25-14-6-2-1-3-7-14)22-11-5-4-8-15(22)16-9-10-19-18-20-13-21-23(16)18/h1-3,6-7,9-10,13,15H,4-5,8,11-12H2. The Kier molecular flexibility index (Phi) is 4.28. The number of carbonyl (C=O) groups is 1. The Morgan fingerprint density at radius 1 is 1.16 bits per heavy atom. The molecule has 1 amide bonds. The Labute approximate surface area is 145 Å². The van der Waals surface area contributed by atoms with Crippen LogP contribution in [0.5, 0.6) is 5.75 Å². The molecule has 1 aromatic carbocycles. The maximum Gasteiger partial charge on any atom is 0.261 e. The van der Waals surface area contributed by atoms with Crippen LogP contribution >= 0.6 is 0 Å². The van der Waals surface area contributed by atoms with Crippen LogP contribution in [-0.2, 0) is 4.79 Å². The van der Waals surface area contributed by atoms with Crippen LogP contribution in [0.15, 0.2) is 48.9 Å². The summed E-state index contributed by atoms with van der Waals surface area (Å²) in [6.07, 6.45) is 6.18. The number of ether oxygens (including phenoxy) is 1. The zero-order valence-electron chi connectivity index (χ0n) is 13.8. The van der Waals surface area contributed by atoms with Crippen LogP contribution in [0.2, 0.25) is 0 Å².